The molecule has 3 heterocycles. The van der Waals surface area contributed by atoms with Gasteiger partial charge in [0.1, 0.15) is 16.6 Å². The van der Waals surface area contributed by atoms with Gasteiger partial charge in [0, 0.05) is 29.8 Å². The van der Waals surface area contributed by atoms with E-state index in [1.165, 1.54) is 16.1 Å². The maximum atomic E-state index is 4.82. The molecule has 0 bridgehead atoms. The van der Waals surface area contributed by atoms with Crippen LogP contribution in [0.3, 0.4) is 0 Å². The smallest absolute Gasteiger partial charge is 0.133 e. The van der Waals surface area contributed by atoms with Gasteiger partial charge in [-0.05, 0) is 33.2 Å². The van der Waals surface area contributed by atoms with E-state index >= 15 is 0 Å². The number of hydrogen-bond donors (Lipinski definition) is 2. The molecule has 5 nitrogen and oxygen atoms in total. The Bertz CT molecular complexity index is 690. The summed E-state index contributed by atoms with van der Waals surface area (Å²) in [6.07, 6.45) is 3.81. The average Bonchev–Trinajstić information content (AvgIpc) is 2.78. The van der Waals surface area contributed by atoms with Gasteiger partial charge in [0.2, 0.25) is 0 Å². The van der Waals surface area contributed by atoms with Crippen LogP contribution in [0.15, 0.2) is 0 Å². The van der Waals surface area contributed by atoms with E-state index in [4.69, 9.17) is 15.0 Å². The Morgan fingerprint density at radius 3 is 2.58 bits per heavy atom. The molecule has 2 aromatic heterocycles. The second-order valence-electron chi connectivity index (χ2n) is 6.32. The molecule has 0 spiro atoms. The van der Waals surface area contributed by atoms with Crippen LogP contribution in [0, 0.1) is 13.8 Å². The fourth-order valence-corrected chi connectivity index (χ4v) is 4.08. The van der Waals surface area contributed by atoms with Crippen molar-refractivity contribution in [2.75, 3.05) is 18.4 Å². The van der Waals surface area contributed by atoms with Gasteiger partial charge in [-0.2, -0.15) is 0 Å². The molecule has 130 valence electrons. The van der Waals surface area contributed by atoms with Crippen molar-refractivity contribution in [2.24, 2.45) is 0 Å². The van der Waals surface area contributed by atoms with Crippen LogP contribution in [0.5, 0.6) is 0 Å². The molecule has 0 saturated carbocycles. The minimum Gasteiger partial charge on any atom is -0.360 e. The molecule has 1 aliphatic heterocycles. The summed E-state index contributed by atoms with van der Waals surface area (Å²) in [4.78, 5) is 15.6. The highest BCUT2D eigenvalue weighted by molar-refractivity contribution is 7.11. The Kier molecular flexibility index (Phi) is 5.46. The summed E-state index contributed by atoms with van der Waals surface area (Å²) in [5.74, 6) is 1.94. The fraction of sp³-hybridized carbons (Fsp3) is 0.611. The lowest BCUT2D eigenvalue weighted by Crippen LogP contribution is -2.17. The van der Waals surface area contributed by atoms with E-state index < -0.39 is 0 Å². The first-order valence-corrected chi connectivity index (χ1v) is 9.73. The summed E-state index contributed by atoms with van der Waals surface area (Å²) in [5.41, 5.74) is 3.62. The predicted octanol–water partition coefficient (Wildman–Crippen LogP) is 3.36. The lowest BCUT2D eigenvalue weighted by Gasteiger charge is -2.19. The van der Waals surface area contributed by atoms with E-state index in [0.717, 1.165) is 61.1 Å². The quantitative estimate of drug-likeness (QED) is 0.870. The molecular formula is C18H27N5S. The zero-order chi connectivity index (χ0) is 17.1. The third kappa shape index (κ3) is 3.59. The van der Waals surface area contributed by atoms with E-state index in [0.29, 0.717) is 0 Å². The van der Waals surface area contributed by atoms with Gasteiger partial charge in [-0.15, -0.1) is 11.3 Å². The molecule has 0 aromatic carbocycles. The first-order valence-electron chi connectivity index (χ1n) is 8.92. The molecule has 24 heavy (non-hydrogen) atoms. The molecule has 1 atom stereocenters. The number of thiazole rings is 1. The van der Waals surface area contributed by atoms with Crippen molar-refractivity contribution >= 4 is 17.2 Å². The van der Waals surface area contributed by atoms with Crippen molar-refractivity contribution < 1.29 is 0 Å². The van der Waals surface area contributed by atoms with Gasteiger partial charge in [0.25, 0.3) is 0 Å². The van der Waals surface area contributed by atoms with Gasteiger partial charge < -0.3 is 10.6 Å². The summed E-state index contributed by atoms with van der Waals surface area (Å²) in [5, 5.41) is 8.31. The Labute approximate surface area is 148 Å². The molecule has 0 aliphatic carbocycles. The maximum absolute atomic E-state index is 4.82. The molecule has 0 unspecified atom stereocenters. The van der Waals surface area contributed by atoms with Crippen LogP contribution < -0.4 is 10.6 Å². The topological polar surface area (TPSA) is 62.7 Å². The molecule has 6 heteroatoms. The Morgan fingerprint density at radius 1 is 1.12 bits per heavy atom. The SMILES string of the molecule is CCc1nc2c(c(N[C@@H](CC)c3nc(C)c(C)s3)n1)CCNCC2. The third-order valence-electron chi connectivity index (χ3n) is 4.61. The normalized spacial score (nSPS) is 15.7. The van der Waals surface area contributed by atoms with Crippen LogP contribution in [-0.2, 0) is 19.3 Å². The minimum atomic E-state index is 0.210. The number of rotatable bonds is 5. The van der Waals surface area contributed by atoms with Crippen molar-refractivity contribution in [3.8, 4) is 0 Å². The second-order valence-corrected chi connectivity index (χ2v) is 7.55. The summed E-state index contributed by atoms with van der Waals surface area (Å²) in [6, 6.07) is 0.210. The van der Waals surface area contributed by atoms with Crippen LogP contribution >= 0.6 is 11.3 Å². The van der Waals surface area contributed by atoms with Crippen LogP contribution in [0.4, 0.5) is 5.82 Å². The van der Waals surface area contributed by atoms with E-state index in [2.05, 4.69) is 38.3 Å². The van der Waals surface area contributed by atoms with Crippen LogP contribution in [0.2, 0.25) is 0 Å². The Morgan fingerprint density at radius 2 is 1.92 bits per heavy atom. The average molecular weight is 346 g/mol. The number of aromatic nitrogens is 3. The summed E-state index contributed by atoms with van der Waals surface area (Å²) in [6.45, 7) is 10.5. The number of nitrogens with zero attached hydrogens (tertiary/aromatic N) is 3. The molecule has 0 saturated heterocycles. The fourth-order valence-electron chi connectivity index (χ4n) is 3.02. The molecule has 3 rings (SSSR count). The second kappa shape index (κ2) is 7.57. The largest absolute Gasteiger partial charge is 0.360 e. The van der Waals surface area contributed by atoms with E-state index in [9.17, 15) is 0 Å². The summed E-state index contributed by atoms with van der Waals surface area (Å²) < 4.78 is 0. The van der Waals surface area contributed by atoms with Gasteiger partial charge in [-0.1, -0.05) is 13.8 Å². The van der Waals surface area contributed by atoms with E-state index in [1.807, 2.05) is 0 Å². The van der Waals surface area contributed by atoms with E-state index in [1.54, 1.807) is 11.3 Å². The number of aryl methyl sites for hydroxylation is 3. The zero-order valence-corrected chi connectivity index (χ0v) is 15.9. The van der Waals surface area contributed by atoms with Crippen LogP contribution in [0.1, 0.15) is 59.0 Å². The number of anilines is 1. The highest BCUT2D eigenvalue weighted by atomic mass is 32.1. The predicted molar refractivity (Wildman–Crippen MR) is 99.9 cm³/mol. The van der Waals surface area contributed by atoms with Gasteiger partial charge in [-0.3, -0.25) is 0 Å². The van der Waals surface area contributed by atoms with Crippen molar-refractivity contribution in [1.82, 2.24) is 20.3 Å². The summed E-state index contributed by atoms with van der Waals surface area (Å²) in [7, 11) is 0. The number of nitrogens with one attached hydrogen (secondary N) is 2. The lowest BCUT2D eigenvalue weighted by molar-refractivity contribution is 0.707. The monoisotopic (exact) mass is 345 g/mol. The maximum Gasteiger partial charge on any atom is 0.133 e. The molecule has 0 amide bonds. The standard InChI is InChI=1S/C18H27N5S/c1-5-14(18-20-11(3)12(4)24-18)22-17-13-7-9-19-10-8-15(13)21-16(6-2)23-17/h14,19H,5-10H2,1-4H3,(H,21,22,23)/t14-/m0/s1. The first-order chi connectivity index (χ1) is 11.6. The molecule has 1 aliphatic rings. The number of fused-ring (bicyclic) bond motifs is 1. The van der Waals surface area contributed by atoms with Crippen LogP contribution in [0.25, 0.3) is 0 Å². The first kappa shape index (κ1) is 17.3. The Balaban J connectivity index is 1.95. The van der Waals surface area contributed by atoms with Gasteiger partial charge >= 0.3 is 0 Å². The minimum absolute atomic E-state index is 0.210. The van der Waals surface area contributed by atoms with Crippen molar-refractivity contribution in [3.05, 3.63) is 32.7 Å². The summed E-state index contributed by atoms with van der Waals surface area (Å²) >= 11 is 1.79. The lowest BCUT2D eigenvalue weighted by atomic mass is 10.1. The molecule has 0 fully saturated rings. The molecule has 2 N–H and O–H groups in total. The van der Waals surface area contributed by atoms with Gasteiger partial charge in [-0.25, -0.2) is 15.0 Å². The van der Waals surface area contributed by atoms with Crippen molar-refractivity contribution in [2.45, 2.75) is 59.4 Å². The van der Waals surface area contributed by atoms with E-state index in [-0.39, 0.29) is 6.04 Å². The van der Waals surface area contributed by atoms with Gasteiger partial charge in [0.15, 0.2) is 0 Å². The van der Waals surface area contributed by atoms with Crippen molar-refractivity contribution in [1.29, 1.82) is 0 Å². The number of hydrogen-bond acceptors (Lipinski definition) is 6. The molecule has 0 radical (unpaired) electrons. The Hall–Kier alpha value is -1.53. The zero-order valence-electron chi connectivity index (χ0n) is 15.1. The molecular weight excluding hydrogens is 318 g/mol. The highest BCUT2D eigenvalue weighted by Crippen LogP contribution is 2.30. The van der Waals surface area contributed by atoms with Crippen molar-refractivity contribution in [3.63, 3.8) is 0 Å². The highest BCUT2D eigenvalue weighted by Gasteiger charge is 2.21. The van der Waals surface area contributed by atoms with Crippen LogP contribution in [-0.4, -0.2) is 28.0 Å². The third-order valence-corrected chi connectivity index (χ3v) is 5.79. The molecule has 2 aromatic rings. The van der Waals surface area contributed by atoms with Gasteiger partial charge in [0.05, 0.1) is 17.4 Å².